The number of aryl methyl sites for hydroxylation is 2. The lowest BCUT2D eigenvalue weighted by Gasteiger charge is -2.19. The predicted octanol–water partition coefficient (Wildman–Crippen LogP) is 4.35. The van der Waals surface area contributed by atoms with Crippen LogP contribution in [0.1, 0.15) is 17.5 Å². The fourth-order valence-electron chi connectivity index (χ4n) is 3.36. The number of thioether (sulfide) groups is 1. The van der Waals surface area contributed by atoms with Gasteiger partial charge in [-0.15, -0.1) is 0 Å². The summed E-state index contributed by atoms with van der Waals surface area (Å²) in [6.45, 7) is 5.04. The Labute approximate surface area is 196 Å². The Morgan fingerprint density at radius 3 is 2.67 bits per heavy atom. The second-order valence-corrected chi connectivity index (χ2v) is 8.64. The lowest BCUT2D eigenvalue weighted by atomic mass is 10.1. The fourth-order valence-corrected chi connectivity index (χ4v) is 4.10. The molecule has 172 valence electrons. The molecular formula is C24H25N3O5S. The zero-order valence-electron chi connectivity index (χ0n) is 18.7. The van der Waals surface area contributed by atoms with Crippen LogP contribution in [0.15, 0.2) is 47.1 Å². The third-order valence-electron chi connectivity index (χ3n) is 5.18. The number of carbonyl (C=O) groups is 2. The van der Waals surface area contributed by atoms with Gasteiger partial charge in [0, 0.05) is 17.5 Å². The van der Waals surface area contributed by atoms with E-state index >= 15 is 0 Å². The first-order valence-electron chi connectivity index (χ1n) is 10.5. The number of ether oxygens (including phenoxy) is 3. The molecule has 33 heavy (non-hydrogen) atoms. The summed E-state index contributed by atoms with van der Waals surface area (Å²) in [5.41, 5.74) is 5.07. The van der Waals surface area contributed by atoms with Crippen molar-refractivity contribution < 1.29 is 23.8 Å². The van der Waals surface area contributed by atoms with Gasteiger partial charge in [-0.2, -0.15) is 0 Å². The van der Waals surface area contributed by atoms with Gasteiger partial charge in [-0.1, -0.05) is 11.8 Å². The molecule has 0 saturated carbocycles. The van der Waals surface area contributed by atoms with Gasteiger partial charge in [-0.25, -0.2) is 4.99 Å². The normalized spacial score (nSPS) is 14.2. The quantitative estimate of drug-likeness (QED) is 0.631. The first-order chi connectivity index (χ1) is 15.9. The standard InChI is InChI=1S/C24H25N3O5S/c1-14-8-18-19(9-15(14)2)27-23(11-17(25-18)12-24(29)30-3)33-13-22(28)26-16-4-5-20-21(10-16)32-7-6-31-20/h4-5,8-11,25H,6-7,12-13H2,1-3H3,(H,26,28). The van der Waals surface area contributed by atoms with Crippen LogP contribution in [-0.4, -0.2) is 43.0 Å². The van der Waals surface area contributed by atoms with Crippen LogP contribution in [0, 0.1) is 13.8 Å². The highest BCUT2D eigenvalue weighted by Gasteiger charge is 2.17. The molecule has 0 bridgehead atoms. The first-order valence-corrected chi connectivity index (χ1v) is 11.5. The highest BCUT2D eigenvalue weighted by atomic mass is 32.2. The van der Waals surface area contributed by atoms with Gasteiger partial charge in [0.2, 0.25) is 5.91 Å². The molecule has 0 atom stereocenters. The van der Waals surface area contributed by atoms with E-state index in [4.69, 9.17) is 19.2 Å². The van der Waals surface area contributed by atoms with Gasteiger partial charge in [0.25, 0.3) is 0 Å². The van der Waals surface area contributed by atoms with Gasteiger partial charge >= 0.3 is 5.97 Å². The lowest BCUT2D eigenvalue weighted by Crippen LogP contribution is -2.17. The number of methoxy groups -OCH3 is 1. The Bertz CT molecular complexity index is 1160. The molecule has 0 radical (unpaired) electrons. The van der Waals surface area contributed by atoms with Crippen LogP contribution in [0.2, 0.25) is 0 Å². The molecule has 0 saturated heterocycles. The Morgan fingerprint density at radius 1 is 1.12 bits per heavy atom. The van der Waals surface area contributed by atoms with Crippen molar-refractivity contribution in [2.45, 2.75) is 20.3 Å². The Balaban J connectivity index is 1.48. The molecule has 8 nitrogen and oxygen atoms in total. The number of benzene rings is 2. The summed E-state index contributed by atoms with van der Waals surface area (Å²) in [7, 11) is 1.35. The first kappa shape index (κ1) is 22.7. The highest BCUT2D eigenvalue weighted by molar-refractivity contribution is 8.14. The second kappa shape index (κ2) is 9.99. The molecule has 2 aromatic rings. The van der Waals surface area contributed by atoms with E-state index in [1.807, 2.05) is 26.0 Å². The molecule has 0 aromatic heterocycles. The van der Waals surface area contributed by atoms with E-state index in [2.05, 4.69) is 10.6 Å². The van der Waals surface area contributed by atoms with Crippen LogP contribution < -0.4 is 20.1 Å². The van der Waals surface area contributed by atoms with Crippen molar-refractivity contribution in [2.24, 2.45) is 4.99 Å². The molecule has 4 rings (SSSR count). The summed E-state index contributed by atoms with van der Waals surface area (Å²) >= 11 is 1.29. The predicted molar refractivity (Wildman–Crippen MR) is 130 cm³/mol. The molecule has 2 aliphatic rings. The van der Waals surface area contributed by atoms with Crippen molar-refractivity contribution in [1.29, 1.82) is 0 Å². The van der Waals surface area contributed by atoms with E-state index in [0.717, 1.165) is 22.5 Å². The largest absolute Gasteiger partial charge is 0.486 e. The minimum absolute atomic E-state index is 0.0752. The number of amides is 1. The summed E-state index contributed by atoms with van der Waals surface area (Å²) in [5.74, 6) is 0.890. The average molecular weight is 468 g/mol. The summed E-state index contributed by atoms with van der Waals surface area (Å²) in [4.78, 5) is 29.2. The van der Waals surface area contributed by atoms with Crippen LogP contribution in [0.3, 0.4) is 0 Å². The topological polar surface area (TPSA) is 98.3 Å². The number of anilines is 2. The van der Waals surface area contributed by atoms with Crippen LogP contribution in [0.4, 0.5) is 17.1 Å². The molecule has 2 aliphatic heterocycles. The smallest absolute Gasteiger partial charge is 0.311 e. The minimum Gasteiger partial charge on any atom is -0.486 e. The zero-order valence-corrected chi connectivity index (χ0v) is 19.5. The van der Waals surface area contributed by atoms with Crippen molar-refractivity contribution in [3.63, 3.8) is 0 Å². The van der Waals surface area contributed by atoms with Crippen molar-refractivity contribution >= 4 is 45.7 Å². The molecule has 0 spiro atoms. The third kappa shape index (κ3) is 5.67. The van der Waals surface area contributed by atoms with Crippen LogP contribution in [0.25, 0.3) is 0 Å². The Morgan fingerprint density at radius 2 is 1.88 bits per heavy atom. The van der Waals surface area contributed by atoms with E-state index in [0.29, 0.717) is 41.1 Å². The Kier molecular flexibility index (Phi) is 6.88. The van der Waals surface area contributed by atoms with Crippen molar-refractivity contribution in [3.05, 3.63) is 53.2 Å². The molecular weight excluding hydrogens is 442 g/mol. The summed E-state index contributed by atoms with van der Waals surface area (Å²) in [6.07, 6.45) is 1.86. The van der Waals surface area contributed by atoms with E-state index < -0.39 is 0 Å². The number of esters is 1. The molecule has 1 amide bonds. The Hall–Kier alpha value is -3.46. The molecule has 2 aromatic carbocycles. The van der Waals surface area contributed by atoms with Crippen molar-refractivity contribution in [3.8, 4) is 11.5 Å². The summed E-state index contributed by atoms with van der Waals surface area (Å²) < 4.78 is 15.9. The minimum atomic E-state index is -0.360. The number of aliphatic imine (C=N–C) groups is 1. The monoisotopic (exact) mass is 467 g/mol. The van der Waals surface area contributed by atoms with Gasteiger partial charge < -0.3 is 24.8 Å². The second-order valence-electron chi connectivity index (χ2n) is 7.65. The lowest BCUT2D eigenvalue weighted by molar-refractivity contribution is -0.139. The highest BCUT2D eigenvalue weighted by Crippen LogP contribution is 2.34. The molecule has 0 fully saturated rings. The van der Waals surface area contributed by atoms with Gasteiger partial charge in [-0.05, 0) is 55.3 Å². The van der Waals surface area contributed by atoms with Gasteiger partial charge in [0.05, 0.1) is 35.7 Å². The summed E-state index contributed by atoms with van der Waals surface area (Å²) in [5, 5.41) is 6.79. The maximum absolute atomic E-state index is 12.6. The average Bonchev–Trinajstić information content (AvgIpc) is 2.96. The number of hydrogen-bond acceptors (Lipinski definition) is 8. The third-order valence-corrected chi connectivity index (χ3v) is 6.09. The molecule has 9 heteroatoms. The van der Waals surface area contributed by atoms with E-state index in [9.17, 15) is 9.59 Å². The number of carbonyl (C=O) groups excluding carboxylic acids is 2. The summed E-state index contributed by atoms with van der Waals surface area (Å²) in [6, 6.07) is 9.30. The molecule has 2 N–H and O–H groups in total. The maximum Gasteiger partial charge on any atom is 0.311 e. The maximum atomic E-state index is 12.6. The van der Waals surface area contributed by atoms with E-state index in [1.165, 1.54) is 18.9 Å². The number of nitrogens with zero attached hydrogens (tertiary/aromatic N) is 1. The number of fused-ring (bicyclic) bond motifs is 2. The molecule has 0 unspecified atom stereocenters. The number of hydrogen-bond donors (Lipinski definition) is 2. The zero-order chi connectivity index (χ0) is 23.4. The van der Waals surface area contributed by atoms with Gasteiger partial charge in [0.15, 0.2) is 11.5 Å². The van der Waals surface area contributed by atoms with Gasteiger partial charge in [0.1, 0.15) is 13.2 Å². The van der Waals surface area contributed by atoms with Gasteiger partial charge in [-0.3, -0.25) is 9.59 Å². The van der Waals surface area contributed by atoms with E-state index in [1.54, 1.807) is 24.3 Å². The number of nitrogens with one attached hydrogen (secondary N) is 2. The van der Waals surface area contributed by atoms with Crippen LogP contribution >= 0.6 is 11.8 Å². The SMILES string of the molecule is COC(=O)CC1=CC(SCC(=O)Nc2ccc3c(c2)OCCO3)=Nc2cc(C)c(C)cc2N1. The van der Waals surface area contributed by atoms with Crippen LogP contribution in [-0.2, 0) is 14.3 Å². The van der Waals surface area contributed by atoms with E-state index in [-0.39, 0.29) is 24.1 Å². The number of rotatable bonds is 5. The van der Waals surface area contributed by atoms with Crippen LogP contribution in [0.5, 0.6) is 11.5 Å². The molecule has 2 heterocycles. The molecule has 0 aliphatic carbocycles. The van der Waals surface area contributed by atoms with Crippen molar-refractivity contribution in [1.82, 2.24) is 0 Å². The van der Waals surface area contributed by atoms with Crippen molar-refractivity contribution in [2.75, 3.05) is 36.7 Å². The fraction of sp³-hybridized carbons (Fsp3) is 0.292.